The van der Waals surface area contributed by atoms with E-state index < -0.39 is 5.91 Å². The zero-order valence-corrected chi connectivity index (χ0v) is 7.71. The molecular weight excluding hydrogens is 206 g/mol. The van der Waals surface area contributed by atoms with Crippen molar-refractivity contribution in [1.82, 2.24) is 0 Å². The molecule has 0 aliphatic rings. The quantitative estimate of drug-likeness (QED) is 0.756. The van der Waals surface area contributed by atoms with Crippen molar-refractivity contribution in [2.75, 3.05) is 0 Å². The molecule has 0 saturated carbocycles. The van der Waals surface area contributed by atoms with E-state index in [1.54, 1.807) is 12.1 Å². The van der Waals surface area contributed by atoms with Gasteiger partial charge in [0.1, 0.15) is 5.58 Å². The van der Waals surface area contributed by atoms with Gasteiger partial charge in [-0.25, -0.2) is 0 Å². The average Bonchev–Trinajstić information content (AvgIpc) is 2.43. The van der Waals surface area contributed by atoms with Crippen molar-refractivity contribution < 1.29 is 14.3 Å². The second kappa shape index (κ2) is 2.92. The van der Waals surface area contributed by atoms with E-state index in [0.717, 1.165) is 0 Å². The van der Waals surface area contributed by atoms with Crippen LogP contribution in [0, 0.1) is 0 Å². The highest BCUT2D eigenvalue weighted by atomic mass is 35.5. The summed E-state index contributed by atoms with van der Waals surface area (Å²) in [5, 5.41) is 10.4. The van der Waals surface area contributed by atoms with Gasteiger partial charge in [0.05, 0.1) is 5.39 Å². The third-order valence-electron chi connectivity index (χ3n) is 1.85. The summed E-state index contributed by atoms with van der Waals surface area (Å²) in [7, 11) is 0. The number of hydrogen-bond donors (Lipinski definition) is 2. The van der Waals surface area contributed by atoms with Crippen LogP contribution in [0.4, 0.5) is 0 Å². The Balaban J connectivity index is 2.79. The lowest BCUT2D eigenvalue weighted by molar-refractivity contribution is 0.0972. The number of hydrogen-bond acceptors (Lipinski definition) is 3. The summed E-state index contributed by atoms with van der Waals surface area (Å²) in [6, 6.07) is 4.65. The fourth-order valence-electron chi connectivity index (χ4n) is 1.22. The van der Waals surface area contributed by atoms with Gasteiger partial charge in [-0.2, -0.15) is 0 Å². The minimum atomic E-state index is -0.810. The third-order valence-corrected chi connectivity index (χ3v) is 2.08. The number of furan rings is 1. The van der Waals surface area contributed by atoms with E-state index in [4.69, 9.17) is 21.8 Å². The second-order valence-corrected chi connectivity index (χ2v) is 3.22. The van der Waals surface area contributed by atoms with Crippen LogP contribution in [0.1, 0.15) is 10.6 Å². The number of carbonyl (C=O) groups excluding carboxylic acids is 1. The van der Waals surface area contributed by atoms with Crippen LogP contribution in [-0.2, 0) is 0 Å². The van der Waals surface area contributed by atoms with E-state index in [0.29, 0.717) is 16.0 Å². The number of benzene rings is 1. The van der Waals surface area contributed by atoms with E-state index in [1.165, 1.54) is 6.07 Å². The largest absolute Gasteiger partial charge is 0.504 e. The summed E-state index contributed by atoms with van der Waals surface area (Å²) in [6.45, 7) is 0. The van der Waals surface area contributed by atoms with Crippen molar-refractivity contribution in [3.63, 3.8) is 0 Å². The molecule has 0 atom stereocenters. The predicted molar refractivity (Wildman–Crippen MR) is 51.4 cm³/mol. The molecule has 2 rings (SSSR count). The molecule has 0 spiro atoms. The topological polar surface area (TPSA) is 76.5 Å². The Kier molecular flexibility index (Phi) is 1.86. The fraction of sp³-hybridized carbons (Fsp3) is 0. The van der Waals surface area contributed by atoms with E-state index in [-0.39, 0.29) is 11.5 Å². The molecule has 0 radical (unpaired) electrons. The molecule has 3 N–H and O–H groups in total. The van der Waals surface area contributed by atoms with Gasteiger partial charge in [-0.1, -0.05) is 11.6 Å². The van der Waals surface area contributed by atoms with Crippen LogP contribution in [0.3, 0.4) is 0 Å². The summed E-state index contributed by atoms with van der Waals surface area (Å²) >= 11 is 5.70. The number of fused-ring (bicyclic) bond motifs is 1. The Bertz CT molecular complexity index is 518. The van der Waals surface area contributed by atoms with Crippen molar-refractivity contribution in [1.29, 1.82) is 0 Å². The maximum Gasteiger partial charge on any atom is 0.288 e. The van der Waals surface area contributed by atoms with E-state index >= 15 is 0 Å². The van der Waals surface area contributed by atoms with Crippen LogP contribution in [0.25, 0.3) is 11.0 Å². The number of amides is 1. The van der Waals surface area contributed by atoms with Gasteiger partial charge in [0, 0.05) is 11.1 Å². The first-order chi connectivity index (χ1) is 6.59. The maximum atomic E-state index is 10.8. The van der Waals surface area contributed by atoms with Gasteiger partial charge in [-0.15, -0.1) is 0 Å². The van der Waals surface area contributed by atoms with Crippen molar-refractivity contribution in [3.8, 4) is 5.75 Å². The van der Waals surface area contributed by atoms with Crippen molar-refractivity contribution >= 4 is 28.5 Å². The van der Waals surface area contributed by atoms with Gasteiger partial charge >= 0.3 is 0 Å². The van der Waals surface area contributed by atoms with Crippen LogP contribution in [-0.4, -0.2) is 11.0 Å². The molecule has 0 fully saturated rings. The van der Waals surface area contributed by atoms with Crippen LogP contribution in [0.5, 0.6) is 5.75 Å². The molecule has 1 heterocycles. The SMILES string of the molecule is NC(=O)c1oc2cc(Cl)ccc2c1O. The zero-order valence-electron chi connectivity index (χ0n) is 6.95. The van der Waals surface area contributed by atoms with Gasteiger partial charge in [0.25, 0.3) is 5.91 Å². The van der Waals surface area contributed by atoms with Gasteiger partial charge in [-0.05, 0) is 12.1 Å². The smallest absolute Gasteiger partial charge is 0.288 e. The summed E-state index contributed by atoms with van der Waals surface area (Å²) in [5.74, 6) is -1.30. The van der Waals surface area contributed by atoms with Crippen molar-refractivity contribution in [2.24, 2.45) is 5.73 Å². The molecule has 1 amide bonds. The minimum absolute atomic E-state index is 0.246. The fourth-order valence-corrected chi connectivity index (χ4v) is 1.39. The molecule has 1 aromatic carbocycles. The molecule has 0 bridgehead atoms. The lowest BCUT2D eigenvalue weighted by Crippen LogP contribution is -2.09. The Morgan fingerprint density at radius 3 is 2.86 bits per heavy atom. The number of halogens is 1. The molecule has 2 aromatic rings. The molecule has 0 aliphatic carbocycles. The van der Waals surface area contributed by atoms with Gasteiger partial charge < -0.3 is 15.3 Å². The number of rotatable bonds is 1. The molecule has 0 unspecified atom stereocenters. The highest BCUT2D eigenvalue weighted by Gasteiger charge is 2.17. The molecule has 4 nitrogen and oxygen atoms in total. The normalized spacial score (nSPS) is 10.6. The van der Waals surface area contributed by atoms with Gasteiger partial charge in [-0.3, -0.25) is 4.79 Å². The number of carbonyl (C=O) groups is 1. The van der Waals surface area contributed by atoms with Crippen LogP contribution in [0.15, 0.2) is 22.6 Å². The molecule has 5 heteroatoms. The zero-order chi connectivity index (χ0) is 10.3. The highest BCUT2D eigenvalue weighted by molar-refractivity contribution is 6.31. The van der Waals surface area contributed by atoms with Gasteiger partial charge in [0.2, 0.25) is 5.76 Å². The van der Waals surface area contributed by atoms with Crippen LogP contribution in [0.2, 0.25) is 5.02 Å². The van der Waals surface area contributed by atoms with Crippen molar-refractivity contribution in [3.05, 3.63) is 29.0 Å². The summed E-state index contributed by atoms with van der Waals surface area (Å²) in [5.41, 5.74) is 5.33. The Hall–Kier alpha value is -1.68. The lowest BCUT2D eigenvalue weighted by Gasteiger charge is -1.88. The molecule has 72 valence electrons. The summed E-state index contributed by atoms with van der Waals surface area (Å²) < 4.78 is 5.03. The summed E-state index contributed by atoms with van der Waals surface area (Å²) in [4.78, 5) is 10.8. The first kappa shape index (κ1) is 8.90. The second-order valence-electron chi connectivity index (χ2n) is 2.78. The molecule has 14 heavy (non-hydrogen) atoms. The van der Waals surface area contributed by atoms with E-state index in [1.807, 2.05) is 0 Å². The first-order valence-corrected chi connectivity index (χ1v) is 4.18. The van der Waals surface area contributed by atoms with Gasteiger partial charge in [0.15, 0.2) is 5.75 Å². The lowest BCUT2D eigenvalue weighted by atomic mass is 10.2. The van der Waals surface area contributed by atoms with Crippen LogP contribution >= 0.6 is 11.6 Å². The standard InChI is InChI=1S/C9H6ClNO3/c10-4-1-2-5-6(3-4)14-8(7(5)12)9(11)13/h1-3,12H,(H2,11,13). The number of aromatic hydroxyl groups is 1. The molecule has 0 saturated heterocycles. The number of nitrogens with two attached hydrogens (primary N) is 1. The Morgan fingerprint density at radius 1 is 1.50 bits per heavy atom. The first-order valence-electron chi connectivity index (χ1n) is 3.80. The Morgan fingerprint density at radius 2 is 2.21 bits per heavy atom. The maximum absolute atomic E-state index is 10.8. The monoisotopic (exact) mass is 211 g/mol. The van der Waals surface area contributed by atoms with Crippen molar-refractivity contribution in [2.45, 2.75) is 0 Å². The molecule has 1 aromatic heterocycles. The van der Waals surface area contributed by atoms with Crippen LogP contribution < -0.4 is 5.73 Å². The molecule has 0 aliphatic heterocycles. The van der Waals surface area contributed by atoms with E-state index in [2.05, 4.69) is 0 Å². The highest BCUT2D eigenvalue weighted by Crippen LogP contribution is 2.32. The third kappa shape index (κ3) is 1.20. The number of primary amides is 1. The van der Waals surface area contributed by atoms with E-state index in [9.17, 15) is 9.90 Å². The average molecular weight is 212 g/mol. The summed E-state index contributed by atoms with van der Waals surface area (Å²) in [6.07, 6.45) is 0. The predicted octanol–water partition coefficient (Wildman–Crippen LogP) is 1.89. The minimum Gasteiger partial charge on any atom is -0.504 e. The Labute approximate surface area is 83.9 Å². The molecular formula is C9H6ClNO3.